The first-order valence-electron chi connectivity index (χ1n) is 8.98. The quantitative estimate of drug-likeness (QED) is 0.158. The third kappa shape index (κ3) is 7.49. The second-order valence-electron chi connectivity index (χ2n) is 6.43. The van der Waals surface area contributed by atoms with E-state index in [1.54, 1.807) is 0 Å². The second kappa shape index (κ2) is 12.1. The van der Waals surface area contributed by atoms with Gasteiger partial charge in [0.15, 0.2) is 5.75 Å². The highest BCUT2D eigenvalue weighted by molar-refractivity contribution is 6.46. The number of carboxylic acids is 1. The first-order valence-corrected chi connectivity index (χ1v) is 10.1. The van der Waals surface area contributed by atoms with Crippen molar-refractivity contribution >= 4 is 52.7 Å². The summed E-state index contributed by atoms with van der Waals surface area (Å²) in [5.41, 5.74) is -0.384. The van der Waals surface area contributed by atoms with Gasteiger partial charge in [-0.25, -0.2) is 14.4 Å². The fraction of sp³-hybridized carbons (Fsp3) is 0.526. The molecule has 0 aliphatic heterocycles. The van der Waals surface area contributed by atoms with Crippen molar-refractivity contribution in [2.75, 3.05) is 6.61 Å². The Bertz CT molecular complexity index is 720. The van der Waals surface area contributed by atoms with E-state index < -0.39 is 23.7 Å². The summed E-state index contributed by atoms with van der Waals surface area (Å²) in [5.74, 6) is -4.35. The third-order valence-electron chi connectivity index (χ3n) is 4.07. The van der Waals surface area contributed by atoms with Crippen LogP contribution in [-0.4, -0.2) is 29.6 Å². The molecule has 0 aromatic heterocycles. The van der Waals surface area contributed by atoms with Crippen molar-refractivity contribution < 1.29 is 29.0 Å². The summed E-state index contributed by atoms with van der Waals surface area (Å²) in [6, 6.07) is 1.14. The molecular formula is C19H23Cl3O6. The standard InChI is InChI=1S/C19H23Cl3O6/c1-3-4-5-7-11(2)8-6-9-27-18(25)14-15(22)12(20)10-13(21)16(14)28-19(26)17(23)24/h10-11H,3-9H2,1-2H3,(H,23,24). The number of carbonyl (C=O) groups is 3. The minimum absolute atomic E-state index is 0.0571. The molecule has 0 amide bonds. The fourth-order valence-corrected chi connectivity index (χ4v) is 3.27. The lowest BCUT2D eigenvalue weighted by Crippen LogP contribution is -2.21. The number of ether oxygens (including phenoxy) is 2. The molecule has 0 spiro atoms. The molecule has 0 aliphatic rings. The first-order chi connectivity index (χ1) is 13.2. The van der Waals surface area contributed by atoms with Gasteiger partial charge in [0.05, 0.1) is 21.7 Å². The highest BCUT2D eigenvalue weighted by Crippen LogP contribution is 2.39. The molecule has 1 aromatic rings. The number of carbonyl (C=O) groups excluding carboxylic acids is 2. The second-order valence-corrected chi connectivity index (χ2v) is 7.62. The largest absolute Gasteiger partial charge is 0.473 e. The van der Waals surface area contributed by atoms with Crippen LogP contribution in [0.15, 0.2) is 6.07 Å². The lowest BCUT2D eigenvalue weighted by molar-refractivity contribution is -0.158. The Hall–Kier alpha value is -1.50. The molecule has 9 heteroatoms. The van der Waals surface area contributed by atoms with Gasteiger partial charge >= 0.3 is 17.9 Å². The maximum absolute atomic E-state index is 12.4. The molecule has 0 radical (unpaired) electrons. The minimum Gasteiger partial charge on any atom is -0.473 e. The van der Waals surface area contributed by atoms with E-state index in [-0.39, 0.29) is 27.2 Å². The summed E-state index contributed by atoms with van der Waals surface area (Å²) < 4.78 is 9.88. The van der Waals surface area contributed by atoms with Crippen LogP contribution in [0.3, 0.4) is 0 Å². The number of carboxylic acid groups (broad SMARTS) is 1. The van der Waals surface area contributed by atoms with Crippen molar-refractivity contribution in [1.82, 2.24) is 0 Å². The number of aliphatic carboxylic acids is 1. The lowest BCUT2D eigenvalue weighted by Gasteiger charge is -2.14. The Labute approximate surface area is 179 Å². The summed E-state index contributed by atoms with van der Waals surface area (Å²) in [7, 11) is 0. The van der Waals surface area contributed by atoms with Gasteiger partial charge in [-0.05, 0) is 24.8 Å². The highest BCUT2D eigenvalue weighted by Gasteiger charge is 2.27. The third-order valence-corrected chi connectivity index (χ3v) is 5.14. The zero-order valence-corrected chi connectivity index (χ0v) is 18.0. The molecular weight excluding hydrogens is 431 g/mol. The van der Waals surface area contributed by atoms with Crippen LogP contribution in [0.5, 0.6) is 5.75 Å². The lowest BCUT2D eigenvalue weighted by atomic mass is 9.98. The van der Waals surface area contributed by atoms with Crippen LogP contribution in [0, 0.1) is 5.92 Å². The molecule has 0 aliphatic carbocycles. The van der Waals surface area contributed by atoms with Crippen LogP contribution in [-0.2, 0) is 14.3 Å². The summed E-state index contributed by atoms with van der Waals surface area (Å²) in [4.78, 5) is 34.5. The van der Waals surface area contributed by atoms with Crippen LogP contribution < -0.4 is 4.74 Å². The van der Waals surface area contributed by atoms with Crippen molar-refractivity contribution in [1.29, 1.82) is 0 Å². The van der Waals surface area contributed by atoms with Gasteiger partial charge in [-0.1, -0.05) is 74.3 Å². The van der Waals surface area contributed by atoms with Gasteiger partial charge in [0.25, 0.3) is 0 Å². The van der Waals surface area contributed by atoms with Crippen LogP contribution in [0.2, 0.25) is 15.1 Å². The molecule has 156 valence electrons. The van der Waals surface area contributed by atoms with Crippen molar-refractivity contribution in [3.8, 4) is 5.75 Å². The van der Waals surface area contributed by atoms with Crippen LogP contribution in [0.25, 0.3) is 0 Å². The first kappa shape index (κ1) is 24.5. The smallest absolute Gasteiger partial charge is 0.422 e. The molecule has 1 atom stereocenters. The average Bonchev–Trinajstić information content (AvgIpc) is 2.63. The number of benzene rings is 1. The predicted octanol–water partition coefficient (Wildman–Crippen LogP) is 5.79. The Morgan fingerprint density at radius 1 is 1.07 bits per heavy atom. The Morgan fingerprint density at radius 3 is 2.32 bits per heavy atom. The van der Waals surface area contributed by atoms with Crippen molar-refractivity contribution in [2.24, 2.45) is 5.92 Å². The molecule has 0 saturated carbocycles. The van der Waals surface area contributed by atoms with Crippen LogP contribution in [0.4, 0.5) is 0 Å². The number of unbranched alkanes of at least 4 members (excludes halogenated alkanes) is 2. The molecule has 1 aromatic carbocycles. The van der Waals surface area contributed by atoms with E-state index in [1.807, 2.05) is 0 Å². The van der Waals surface area contributed by atoms with Gasteiger partial charge in [0.1, 0.15) is 5.56 Å². The molecule has 0 saturated heterocycles. The molecule has 1 rings (SSSR count). The van der Waals surface area contributed by atoms with Crippen molar-refractivity contribution in [3.63, 3.8) is 0 Å². The Kier molecular flexibility index (Phi) is 10.6. The van der Waals surface area contributed by atoms with Crippen molar-refractivity contribution in [3.05, 3.63) is 26.7 Å². The van der Waals surface area contributed by atoms with Gasteiger partial charge in [-0.2, -0.15) is 0 Å². The van der Waals surface area contributed by atoms with Crippen LogP contribution in [0.1, 0.15) is 62.7 Å². The number of halogens is 3. The fourth-order valence-electron chi connectivity index (χ4n) is 2.55. The summed E-state index contributed by atoms with van der Waals surface area (Å²) in [5, 5.41) is 8.17. The molecule has 28 heavy (non-hydrogen) atoms. The maximum atomic E-state index is 12.4. The summed E-state index contributed by atoms with van der Waals surface area (Å²) >= 11 is 17.9. The summed E-state index contributed by atoms with van der Waals surface area (Å²) in [6.07, 6.45) is 6.20. The molecule has 1 unspecified atom stereocenters. The monoisotopic (exact) mass is 452 g/mol. The van der Waals surface area contributed by atoms with Gasteiger partial charge in [0, 0.05) is 0 Å². The number of hydrogen-bond acceptors (Lipinski definition) is 5. The average molecular weight is 454 g/mol. The zero-order valence-electron chi connectivity index (χ0n) is 15.7. The number of esters is 2. The zero-order chi connectivity index (χ0) is 21.3. The van der Waals surface area contributed by atoms with Gasteiger partial charge in [-0.15, -0.1) is 0 Å². The molecule has 1 N–H and O–H groups in total. The van der Waals surface area contributed by atoms with E-state index in [0.717, 1.165) is 18.9 Å². The van der Waals surface area contributed by atoms with Crippen LogP contribution >= 0.6 is 34.8 Å². The molecule has 0 bridgehead atoms. The van der Waals surface area contributed by atoms with E-state index >= 15 is 0 Å². The van der Waals surface area contributed by atoms with Gasteiger partial charge < -0.3 is 14.6 Å². The van der Waals surface area contributed by atoms with E-state index in [9.17, 15) is 14.4 Å². The Morgan fingerprint density at radius 2 is 1.71 bits per heavy atom. The van der Waals surface area contributed by atoms with E-state index in [2.05, 4.69) is 18.6 Å². The van der Waals surface area contributed by atoms with Crippen molar-refractivity contribution in [2.45, 2.75) is 52.4 Å². The topological polar surface area (TPSA) is 89.9 Å². The van der Waals surface area contributed by atoms with E-state index in [1.165, 1.54) is 19.3 Å². The SMILES string of the molecule is CCCCCC(C)CCCOC(=O)c1c(Cl)c(Cl)cc(Cl)c1OC(=O)C(=O)O. The van der Waals surface area contributed by atoms with Gasteiger partial charge in [0.2, 0.25) is 0 Å². The Balaban J connectivity index is 2.78. The summed E-state index contributed by atoms with van der Waals surface area (Å²) in [6.45, 7) is 4.43. The molecule has 0 fully saturated rings. The maximum Gasteiger partial charge on any atom is 0.422 e. The number of hydrogen-bond donors (Lipinski definition) is 1. The van der Waals surface area contributed by atoms with Gasteiger partial charge in [-0.3, -0.25) is 0 Å². The molecule has 6 nitrogen and oxygen atoms in total. The predicted molar refractivity (Wildman–Crippen MR) is 108 cm³/mol. The molecule has 0 heterocycles. The van der Waals surface area contributed by atoms with E-state index in [4.69, 9.17) is 44.6 Å². The highest BCUT2D eigenvalue weighted by atomic mass is 35.5. The van der Waals surface area contributed by atoms with E-state index in [0.29, 0.717) is 12.3 Å². The normalized spacial score (nSPS) is 11.8. The number of rotatable bonds is 10. The minimum atomic E-state index is -1.85.